The minimum Gasteiger partial charge on any atom is -0.480 e. The van der Waals surface area contributed by atoms with Crippen LogP contribution in [0.5, 0.6) is 0 Å². The average Bonchev–Trinajstić information content (AvgIpc) is 2.77. The van der Waals surface area contributed by atoms with Gasteiger partial charge in [0.2, 0.25) is 5.91 Å². The molecule has 0 aromatic heterocycles. The second-order valence-electron chi connectivity index (χ2n) is 4.68. The maximum atomic E-state index is 13.5. The molecule has 1 aliphatic heterocycles. The van der Waals surface area contributed by atoms with Crippen LogP contribution < -0.4 is 0 Å². The number of carbonyl (C=O) groups is 2. The van der Waals surface area contributed by atoms with Crippen LogP contribution >= 0.6 is 0 Å². The molecule has 2 rings (SSSR count). The maximum absolute atomic E-state index is 13.5. The Morgan fingerprint density at radius 3 is 2.70 bits per heavy atom. The molecule has 0 saturated carbocycles. The van der Waals surface area contributed by atoms with Crippen LogP contribution in [0.25, 0.3) is 0 Å². The molecule has 1 saturated heterocycles. The van der Waals surface area contributed by atoms with Crippen LogP contribution in [0, 0.1) is 11.6 Å². The molecule has 108 valence electrons. The van der Waals surface area contributed by atoms with Gasteiger partial charge in [0.15, 0.2) is 11.6 Å². The van der Waals surface area contributed by atoms with Crippen LogP contribution in [0.4, 0.5) is 8.78 Å². The summed E-state index contributed by atoms with van der Waals surface area (Å²) in [5.74, 6) is -4.06. The van der Waals surface area contributed by atoms with Crippen molar-refractivity contribution in [2.24, 2.45) is 0 Å². The van der Waals surface area contributed by atoms with Gasteiger partial charge >= 0.3 is 5.97 Å². The molecule has 20 heavy (non-hydrogen) atoms. The summed E-state index contributed by atoms with van der Waals surface area (Å²) >= 11 is 0. The van der Waals surface area contributed by atoms with Crippen LogP contribution in [0.15, 0.2) is 18.2 Å². The molecule has 1 aromatic carbocycles. The van der Waals surface area contributed by atoms with Crippen molar-refractivity contribution in [3.8, 4) is 0 Å². The summed E-state index contributed by atoms with van der Waals surface area (Å²) < 4.78 is 26.5. The molecule has 0 aliphatic carbocycles. The van der Waals surface area contributed by atoms with Gasteiger partial charge in [0, 0.05) is 18.5 Å². The molecule has 1 heterocycles. The number of likely N-dealkylation sites (tertiary alicyclic amines) is 1. The van der Waals surface area contributed by atoms with E-state index in [0.717, 1.165) is 11.0 Å². The molecule has 1 aliphatic rings. The number of β-amino-alcohol motifs (C(OH)–C–C–N with tert-alkyl or cyclic N) is 1. The maximum Gasteiger partial charge on any atom is 0.326 e. The van der Waals surface area contributed by atoms with Crippen molar-refractivity contribution < 1.29 is 28.6 Å². The lowest BCUT2D eigenvalue weighted by molar-refractivity contribution is -0.148. The summed E-state index contributed by atoms with van der Waals surface area (Å²) in [7, 11) is 0. The Morgan fingerprint density at radius 2 is 2.05 bits per heavy atom. The number of nitrogens with zero attached hydrogens (tertiary/aromatic N) is 1. The zero-order valence-corrected chi connectivity index (χ0v) is 10.4. The highest BCUT2D eigenvalue weighted by Gasteiger charge is 2.38. The smallest absolute Gasteiger partial charge is 0.326 e. The van der Waals surface area contributed by atoms with Crippen LogP contribution in [0.1, 0.15) is 12.0 Å². The number of carboxylic acid groups (broad SMARTS) is 1. The molecule has 1 aromatic rings. The van der Waals surface area contributed by atoms with Crippen molar-refractivity contribution in [1.29, 1.82) is 0 Å². The Morgan fingerprint density at radius 1 is 1.35 bits per heavy atom. The Labute approximate surface area is 113 Å². The van der Waals surface area contributed by atoms with E-state index in [9.17, 15) is 23.5 Å². The molecule has 0 radical (unpaired) electrons. The van der Waals surface area contributed by atoms with E-state index >= 15 is 0 Å². The first kappa shape index (κ1) is 14.4. The van der Waals surface area contributed by atoms with Gasteiger partial charge < -0.3 is 15.1 Å². The predicted molar refractivity (Wildman–Crippen MR) is 63.8 cm³/mol. The van der Waals surface area contributed by atoms with Crippen LogP contribution in [-0.4, -0.2) is 45.7 Å². The molecule has 1 unspecified atom stereocenters. The summed E-state index contributed by atoms with van der Waals surface area (Å²) in [5.41, 5.74) is -0.138. The first-order valence-corrected chi connectivity index (χ1v) is 6.03. The number of carboxylic acids is 1. The Bertz CT molecular complexity index is 549. The van der Waals surface area contributed by atoms with Gasteiger partial charge in [-0.05, 0) is 6.07 Å². The van der Waals surface area contributed by atoms with Gasteiger partial charge in [-0.3, -0.25) is 4.79 Å². The zero-order chi connectivity index (χ0) is 14.9. The fourth-order valence-corrected chi connectivity index (χ4v) is 2.27. The zero-order valence-electron chi connectivity index (χ0n) is 10.4. The van der Waals surface area contributed by atoms with Crippen molar-refractivity contribution in [2.75, 3.05) is 6.54 Å². The van der Waals surface area contributed by atoms with E-state index in [0.29, 0.717) is 0 Å². The number of benzene rings is 1. The number of aliphatic carboxylic acids is 1. The van der Waals surface area contributed by atoms with Crippen LogP contribution in [-0.2, 0) is 16.0 Å². The highest BCUT2D eigenvalue weighted by molar-refractivity contribution is 5.85. The average molecular weight is 285 g/mol. The summed E-state index contributed by atoms with van der Waals surface area (Å²) in [6, 6.07) is 2.34. The third-order valence-electron chi connectivity index (χ3n) is 3.26. The fraction of sp³-hybridized carbons (Fsp3) is 0.385. The number of hydrogen-bond donors (Lipinski definition) is 2. The van der Waals surface area contributed by atoms with E-state index in [2.05, 4.69) is 0 Å². The second-order valence-corrected chi connectivity index (χ2v) is 4.68. The van der Waals surface area contributed by atoms with E-state index < -0.39 is 42.1 Å². The van der Waals surface area contributed by atoms with Gasteiger partial charge in [-0.2, -0.15) is 0 Å². The predicted octanol–water partition coefficient (Wildman–Crippen LogP) is 0.554. The number of amides is 1. The fourth-order valence-electron chi connectivity index (χ4n) is 2.27. The van der Waals surface area contributed by atoms with Crippen molar-refractivity contribution in [3.63, 3.8) is 0 Å². The number of aliphatic hydroxyl groups excluding tert-OH is 1. The van der Waals surface area contributed by atoms with Gasteiger partial charge in [0.25, 0.3) is 0 Å². The largest absolute Gasteiger partial charge is 0.480 e. The second kappa shape index (κ2) is 5.54. The van der Waals surface area contributed by atoms with Crippen molar-refractivity contribution in [2.45, 2.75) is 25.0 Å². The standard InChI is InChI=1S/C13H13F2NO4/c14-9-3-1-2-7(12(9)15)4-11(18)16-6-8(17)5-10(16)13(19)20/h1-3,8,10,17H,4-6H2,(H,19,20)/t8?,10-/m0/s1. The van der Waals surface area contributed by atoms with Crippen molar-refractivity contribution in [1.82, 2.24) is 4.90 Å². The normalized spacial score (nSPS) is 22.1. The van der Waals surface area contributed by atoms with E-state index in [4.69, 9.17) is 5.11 Å². The monoisotopic (exact) mass is 285 g/mol. The molecular formula is C13H13F2NO4. The SMILES string of the molecule is O=C(O)[C@@H]1CC(O)CN1C(=O)Cc1cccc(F)c1F. The van der Waals surface area contributed by atoms with Gasteiger partial charge in [-0.15, -0.1) is 0 Å². The lowest BCUT2D eigenvalue weighted by atomic mass is 10.1. The molecular weight excluding hydrogens is 272 g/mol. The molecule has 7 heteroatoms. The van der Waals surface area contributed by atoms with Gasteiger partial charge in [0.1, 0.15) is 6.04 Å². The topological polar surface area (TPSA) is 77.8 Å². The first-order chi connectivity index (χ1) is 9.40. The summed E-state index contributed by atoms with van der Waals surface area (Å²) in [5, 5.41) is 18.4. The number of rotatable bonds is 3. The summed E-state index contributed by atoms with van der Waals surface area (Å²) in [4.78, 5) is 24.0. The van der Waals surface area contributed by atoms with Gasteiger partial charge in [-0.25, -0.2) is 13.6 Å². The molecule has 5 nitrogen and oxygen atoms in total. The van der Waals surface area contributed by atoms with E-state index in [1.807, 2.05) is 0 Å². The quantitative estimate of drug-likeness (QED) is 0.850. The van der Waals surface area contributed by atoms with Crippen molar-refractivity contribution in [3.05, 3.63) is 35.4 Å². The summed E-state index contributed by atoms with van der Waals surface area (Å²) in [6.45, 7) is -0.118. The van der Waals surface area contributed by atoms with Crippen molar-refractivity contribution >= 4 is 11.9 Å². The molecule has 1 amide bonds. The van der Waals surface area contributed by atoms with E-state index in [1.165, 1.54) is 12.1 Å². The minimum atomic E-state index is -1.23. The van der Waals surface area contributed by atoms with Crippen LogP contribution in [0.3, 0.4) is 0 Å². The highest BCUT2D eigenvalue weighted by Crippen LogP contribution is 2.20. The number of aliphatic hydroxyl groups is 1. The molecule has 0 spiro atoms. The van der Waals surface area contributed by atoms with E-state index in [-0.39, 0.29) is 18.5 Å². The Kier molecular flexibility index (Phi) is 3.99. The molecule has 1 fully saturated rings. The summed E-state index contributed by atoms with van der Waals surface area (Å²) in [6.07, 6.45) is -1.43. The first-order valence-electron chi connectivity index (χ1n) is 6.03. The van der Waals surface area contributed by atoms with Gasteiger partial charge in [0.05, 0.1) is 12.5 Å². The molecule has 2 N–H and O–H groups in total. The lowest BCUT2D eigenvalue weighted by Crippen LogP contribution is -2.41. The van der Waals surface area contributed by atoms with Crippen LogP contribution in [0.2, 0.25) is 0 Å². The highest BCUT2D eigenvalue weighted by atomic mass is 19.2. The van der Waals surface area contributed by atoms with E-state index in [1.54, 1.807) is 0 Å². The number of carbonyl (C=O) groups excluding carboxylic acids is 1. The Hall–Kier alpha value is -2.02. The third-order valence-corrected chi connectivity index (χ3v) is 3.26. The molecule has 2 atom stereocenters. The minimum absolute atomic E-state index is 0.0628. The third kappa shape index (κ3) is 2.77. The molecule has 0 bridgehead atoms. The van der Waals surface area contributed by atoms with Gasteiger partial charge in [-0.1, -0.05) is 12.1 Å². The number of hydrogen-bond acceptors (Lipinski definition) is 3. The number of halogens is 2. The Balaban J connectivity index is 2.15. The lowest BCUT2D eigenvalue weighted by Gasteiger charge is -2.21.